The van der Waals surface area contributed by atoms with Crippen molar-refractivity contribution in [2.24, 2.45) is 10.7 Å². The summed E-state index contributed by atoms with van der Waals surface area (Å²) in [4.78, 5) is 8.94. The molecule has 0 fully saturated rings. The van der Waals surface area contributed by atoms with Crippen LogP contribution in [-0.2, 0) is 6.18 Å². The summed E-state index contributed by atoms with van der Waals surface area (Å²) in [6.45, 7) is 1.08. The van der Waals surface area contributed by atoms with Crippen LogP contribution in [0.5, 0.6) is 11.5 Å². The summed E-state index contributed by atoms with van der Waals surface area (Å²) in [6, 6.07) is 8.45. The van der Waals surface area contributed by atoms with Crippen LogP contribution >= 0.6 is 0 Å². The average Bonchev–Trinajstić information content (AvgIpc) is 2.86. The highest BCUT2D eigenvalue weighted by Gasteiger charge is 2.31. The zero-order valence-corrected chi connectivity index (χ0v) is 15.0. The second-order valence-corrected chi connectivity index (χ2v) is 6.78. The molecule has 3 N–H and O–H groups in total. The molecule has 7 nitrogen and oxygen atoms in total. The van der Waals surface area contributed by atoms with E-state index in [2.05, 4.69) is 15.3 Å². The summed E-state index contributed by atoms with van der Waals surface area (Å²) in [5.41, 5.74) is 7.07. The van der Waals surface area contributed by atoms with Crippen molar-refractivity contribution in [2.45, 2.75) is 18.8 Å². The lowest BCUT2D eigenvalue weighted by atomic mass is 10.1. The van der Waals surface area contributed by atoms with Crippen LogP contribution in [0.25, 0.3) is 11.0 Å². The van der Waals surface area contributed by atoms with E-state index in [9.17, 15) is 13.2 Å². The first-order valence-electron chi connectivity index (χ1n) is 8.99. The van der Waals surface area contributed by atoms with Gasteiger partial charge in [0.15, 0.2) is 23.6 Å². The Hall–Kier alpha value is -3.43. The van der Waals surface area contributed by atoms with Gasteiger partial charge in [-0.15, -0.1) is 0 Å². The third-order valence-electron chi connectivity index (χ3n) is 4.84. The van der Waals surface area contributed by atoms with Crippen LogP contribution in [-0.4, -0.2) is 28.7 Å². The molecule has 0 aliphatic carbocycles. The van der Waals surface area contributed by atoms with Crippen molar-refractivity contribution in [1.82, 2.24) is 9.55 Å². The number of aromatic nitrogens is 2. The van der Waals surface area contributed by atoms with E-state index in [1.165, 1.54) is 12.1 Å². The molecule has 1 atom stereocenters. The van der Waals surface area contributed by atoms with Crippen LogP contribution in [0.3, 0.4) is 0 Å². The minimum atomic E-state index is -4.41. The lowest BCUT2D eigenvalue weighted by Gasteiger charge is -2.24. The SMILES string of the molecule is NC1=NC(c2ccc(C(F)(F)F)cc2)n2c(nc3cc4c(cc32)OCCCO4)N1. The molecule has 2 aromatic carbocycles. The van der Waals surface area contributed by atoms with E-state index in [-0.39, 0.29) is 5.96 Å². The van der Waals surface area contributed by atoms with Crippen molar-refractivity contribution in [3.05, 3.63) is 47.5 Å². The molecule has 1 aromatic heterocycles. The lowest BCUT2D eigenvalue weighted by Crippen LogP contribution is -2.31. The number of nitrogens with zero attached hydrogens (tertiary/aromatic N) is 3. The molecule has 0 amide bonds. The Morgan fingerprint density at radius 1 is 1.07 bits per heavy atom. The number of nitrogens with one attached hydrogen (secondary N) is 1. The van der Waals surface area contributed by atoms with Gasteiger partial charge in [0.25, 0.3) is 0 Å². The van der Waals surface area contributed by atoms with Gasteiger partial charge in [-0.25, -0.2) is 9.98 Å². The van der Waals surface area contributed by atoms with Crippen molar-refractivity contribution in [1.29, 1.82) is 0 Å². The van der Waals surface area contributed by atoms with E-state index in [1.54, 1.807) is 10.6 Å². The number of halogens is 3. The van der Waals surface area contributed by atoms with Gasteiger partial charge in [0.2, 0.25) is 5.95 Å². The summed E-state index contributed by atoms with van der Waals surface area (Å²) in [5.74, 6) is 1.76. The first-order chi connectivity index (χ1) is 13.9. The van der Waals surface area contributed by atoms with Gasteiger partial charge >= 0.3 is 6.18 Å². The van der Waals surface area contributed by atoms with Crippen LogP contribution in [0.1, 0.15) is 23.7 Å². The van der Waals surface area contributed by atoms with Gasteiger partial charge in [-0.05, 0) is 17.7 Å². The van der Waals surface area contributed by atoms with Gasteiger partial charge in [-0.2, -0.15) is 13.2 Å². The first kappa shape index (κ1) is 17.7. The van der Waals surface area contributed by atoms with Gasteiger partial charge in [0.1, 0.15) is 0 Å². The van der Waals surface area contributed by atoms with Gasteiger partial charge < -0.3 is 15.2 Å². The lowest BCUT2D eigenvalue weighted by molar-refractivity contribution is -0.137. The number of anilines is 1. The van der Waals surface area contributed by atoms with E-state index in [1.807, 2.05) is 6.07 Å². The van der Waals surface area contributed by atoms with E-state index < -0.39 is 17.9 Å². The maximum Gasteiger partial charge on any atom is 0.416 e. The van der Waals surface area contributed by atoms with Crippen molar-refractivity contribution < 1.29 is 22.6 Å². The van der Waals surface area contributed by atoms with Crippen molar-refractivity contribution >= 4 is 22.9 Å². The summed E-state index contributed by atoms with van der Waals surface area (Å²) >= 11 is 0. The first-order valence-corrected chi connectivity index (χ1v) is 8.99. The largest absolute Gasteiger partial charge is 0.489 e. The molecule has 150 valence electrons. The summed E-state index contributed by atoms with van der Waals surface area (Å²) < 4.78 is 52.0. The summed E-state index contributed by atoms with van der Waals surface area (Å²) in [7, 11) is 0. The molecular formula is C19H16F3N5O2. The summed E-state index contributed by atoms with van der Waals surface area (Å²) in [5, 5.41) is 2.91. The molecule has 0 saturated carbocycles. The molecule has 0 bridgehead atoms. The molecule has 0 radical (unpaired) electrons. The number of aliphatic imine (C=N–C) groups is 1. The van der Waals surface area contributed by atoms with Gasteiger partial charge in [0.05, 0.1) is 29.8 Å². The fourth-order valence-electron chi connectivity index (χ4n) is 3.49. The van der Waals surface area contributed by atoms with Crippen molar-refractivity contribution in [3.8, 4) is 11.5 Å². The van der Waals surface area contributed by atoms with Gasteiger partial charge in [-0.3, -0.25) is 9.88 Å². The Morgan fingerprint density at radius 2 is 1.76 bits per heavy atom. The third-order valence-corrected chi connectivity index (χ3v) is 4.84. The fraction of sp³-hybridized carbons (Fsp3) is 0.263. The normalized spacial score (nSPS) is 18.6. The Bertz CT molecular complexity index is 1120. The number of alkyl halides is 3. The molecular weight excluding hydrogens is 387 g/mol. The minimum Gasteiger partial charge on any atom is -0.489 e. The van der Waals surface area contributed by atoms with Crippen LogP contribution in [0, 0.1) is 0 Å². The highest BCUT2D eigenvalue weighted by atomic mass is 19.4. The van der Waals surface area contributed by atoms with E-state index in [0.29, 0.717) is 47.3 Å². The van der Waals surface area contributed by atoms with Crippen LogP contribution in [0.15, 0.2) is 41.4 Å². The van der Waals surface area contributed by atoms with Crippen molar-refractivity contribution in [3.63, 3.8) is 0 Å². The maximum atomic E-state index is 12.9. The predicted molar refractivity (Wildman–Crippen MR) is 100 cm³/mol. The Morgan fingerprint density at radius 3 is 2.45 bits per heavy atom. The maximum absolute atomic E-state index is 12.9. The molecule has 3 heterocycles. The molecule has 29 heavy (non-hydrogen) atoms. The van der Waals surface area contributed by atoms with Crippen molar-refractivity contribution in [2.75, 3.05) is 18.5 Å². The smallest absolute Gasteiger partial charge is 0.416 e. The number of nitrogens with two attached hydrogens (primary N) is 1. The molecule has 5 rings (SSSR count). The highest BCUT2D eigenvalue weighted by molar-refractivity contribution is 5.95. The number of guanidine groups is 1. The fourth-order valence-corrected chi connectivity index (χ4v) is 3.49. The number of benzene rings is 2. The topological polar surface area (TPSA) is 86.7 Å². The molecule has 10 heteroatoms. The second kappa shape index (κ2) is 6.29. The molecule has 1 unspecified atom stereocenters. The molecule has 2 aliphatic heterocycles. The standard InChI is InChI=1S/C19H16F3N5O2/c20-19(21,22)11-4-2-10(3-5-11)16-25-17(23)26-18-24-12-8-14-15(9-13(12)27(16)18)29-7-1-6-28-14/h2-5,8-9,16H,1,6-7H2,(H3,23,24,25,26). The second-order valence-electron chi connectivity index (χ2n) is 6.78. The number of rotatable bonds is 1. The number of ether oxygens (including phenoxy) is 2. The number of fused-ring (bicyclic) bond motifs is 4. The minimum absolute atomic E-state index is 0.131. The average molecular weight is 403 g/mol. The van der Waals surface area contributed by atoms with E-state index in [4.69, 9.17) is 15.2 Å². The summed E-state index contributed by atoms with van der Waals surface area (Å²) in [6.07, 6.45) is -4.30. The Balaban J connectivity index is 1.64. The van der Waals surface area contributed by atoms with Gasteiger partial charge in [0, 0.05) is 18.6 Å². The van der Waals surface area contributed by atoms with Gasteiger partial charge in [-0.1, -0.05) is 12.1 Å². The zero-order valence-electron chi connectivity index (χ0n) is 15.0. The molecule has 3 aromatic rings. The Labute approximate surface area is 162 Å². The van der Waals surface area contributed by atoms with Crippen LogP contribution < -0.4 is 20.5 Å². The Kier molecular flexibility index (Phi) is 3.83. The molecule has 2 aliphatic rings. The highest BCUT2D eigenvalue weighted by Crippen LogP contribution is 2.39. The van der Waals surface area contributed by atoms with Crippen LogP contribution in [0.4, 0.5) is 19.1 Å². The number of hydrogen-bond donors (Lipinski definition) is 2. The predicted octanol–water partition coefficient (Wildman–Crippen LogP) is 3.50. The third kappa shape index (κ3) is 3.00. The number of hydrogen-bond acceptors (Lipinski definition) is 6. The zero-order chi connectivity index (χ0) is 20.2. The number of imidazole rings is 1. The van der Waals surface area contributed by atoms with E-state index >= 15 is 0 Å². The molecule has 0 spiro atoms. The quantitative estimate of drug-likeness (QED) is 0.650. The van der Waals surface area contributed by atoms with Crippen LogP contribution in [0.2, 0.25) is 0 Å². The monoisotopic (exact) mass is 403 g/mol. The molecule has 0 saturated heterocycles. The van der Waals surface area contributed by atoms with E-state index in [0.717, 1.165) is 18.6 Å².